The molecule has 1 aromatic carbocycles. The third kappa shape index (κ3) is 4.11. The molecule has 5 nitrogen and oxygen atoms in total. The number of allylic oxidation sites excluding steroid dienone is 2. The Morgan fingerprint density at radius 1 is 1.19 bits per heavy atom. The van der Waals surface area contributed by atoms with Crippen LogP contribution in [0.1, 0.15) is 31.7 Å². The van der Waals surface area contributed by atoms with Gasteiger partial charge in [-0.15, -0.1) is 0 Å². The molecule has 0 bridgehead atoms. The van der Waals surface area contributed by atoms with Crippen LogP contribution in [0, 0.1) is 5.92 Å². The first-order valence-corrected chi connectivity index (χ1v) is 10.9. The lowest BCUT2D eigenvalue weighted by molar-refractivity contribution is -0.113. The molecule has 0 radical (unpaired) electrons. The second-order valence-corrected chi connectivity index (χ2v) is 8.95. The Morgan fingerprint density at radius 3 is 2.68 bits per heavy atom. The molecular formula is C23H27F3N4O. The van der Waals surface area contributed by atoms with E-state index in [0.717, 1.165) is 30.7 Å². The minimum absolute atomic E-state index is 0.165. The smallest absolute Gasteiger partial charge is 0.368 e. The normalized spacial score (nSPS) is 27.0. The number of hydrogen-bond acceptors (Lipinski definition) is 5. The van der Waals surface area contributed by atoms with Crippen molar-refractivity contribution in [2.24, 2.45) is 11.0 Å². The van der Waals surface area contributed by atoms with Gasteiger partial charge in [0.25, 0.3) is 0 Å². The Balaban J connectivity index is 1.41. The summed E-state index contributed by atoms with van der Waals surface area (Å²) in [5.41, 5.74) is -0.0588. The maximum Gasteiger partial charge on any atom is 0.419 e. The SMILES string of the molecule is CC1(c2ccccc2)CN(CN2N=C(CC3CC3)N3CC=CC(C(F)(F)F)=C23)CCO1. The molecule has 1 unspecified atom stereocenters. The molecule has 0 N–H and O–H groups in total. The number of benzene rings is 1. The molecule has 31 heavy (non-hydrogen) atoms. The summed E-state index contributed by atoms with van der Waals surface area (Å²) in [4.78, 5) is 3.88. The van der Waals surface area contributed by atoms with E-state index in [1.807, 2.05) is 37.3 Å². The summed E-state index contributed by atoms with van der Waals surface area (Å²) in [5.74, 6) is 1.46. The highest BCUT2D eigenvalue weighted by molar-refractivity contribution is 5.86. The lowest BCUT2D eigenvalue weighted by Gasteiger charge is -2.42. The number of amidine groups is 1. The average molecular weight is 432 g/mol. The van der Waals surface area contributed by atoms with E-state index in [1.165, 1.54) is 6.08 Å². The van der Waals surface area contributed by atoms with E-state index in [0.29, 0.717) is 38.8 Å². The predicted molar refractivity (Wildman–Crippen MR) is 112 cm³/mol. The van der Waals surface area contributed by atoms with Crippen molar-refractivity contribution >= 4 is 5.84 Å². The highest BCUT2D eigenvalue weighted by atomic mass is 19.4. The molecule has 1 aromatic rings. The van der Waals surface area contributed by atoms with Crippen molar-refractivity contribution in [3.8, 4) is 0 Å². The van der Waals surface area contributed by atoms with Gasteiger partial charge in [-0.2, -0.15) is 18.3 Å². The zero-order valence-corrected chi connectivity index (χ0v) is 17.6. The summed E-state index contributed by atoms with van der Waals surface area (Å²) in [5, 5.41) is 6.24. The summed E-state index contributed by atoms with van der Waals surface area (Å²) < 4.78 is 47.6. The highest BCUT2D eigenvalue weighted by Gasteiger charge is 2.44. The highest BCUT2D eigenvalue weighted by Crippen LogP contribution is 2.41. The first-order valence-electron chi connectivity index (χ1n) is 10.9. The number of fused-ring (bicyclic) bond motifs is 1. The van der Waals surface area contributed by atoms with Crippen LogP contribution in [0.15, 0.2) is 59.0 Å². The van der Waals surface area contributed by atoms with Gasteiger partial charge in [-0.05, 0) is 37.3 Å². The molecule has 1 saturated heterocycles. The lowest BCUT2D eigenvalue weighted by Crippen LogP contribution is -2.51. The average Bonchev–Trinajstić information content (AvgIpc) is 3.50. The number of rotatable bonds is 5. The van der Waals surface area contributed by atoms with Crippen molar-refractivity contribution in [2.75, 3.05) is 32.9 Å². The number of alkyl halides is 3. The van der Waals surface area contributed by atoms with Gasteiger partial charge in [0.1, 0.15) is 17.3 Å². The van der Waals surface area contributed by atoms with Crippen molar-refractivity contribution < 1.29 is 17.9 Å². The molecule has 1 aliphatic carbocycles. The molecule has 2 fully saturated rings. The Hall–Kier alpha value is -2.32. The summed E-state index contributed by atoms with van der Waals surface area (Å²) >= 11 is 0. The van der Waals surface area contributed by atoms with E-state index in [4.69, 9.17) is 4.74 Å². The Morgan fingerprint density at radius 2 is 1.97 bits per heavy atom. The first-order chi connectivity index (χ1) is 14.8. The van der Waals surface area contributed by atoms with Gasteiger partial charge in [0, 0.05) is 26.1 Å². The van der Waals surface area contributed by atoms with Gasteiger partial charge in [-0.3, -0.25) is 4.90 Å². The van der Waals surface area contributed by atoms with Crippen molar-refractivity contribution in [3.05, 3.63) is 59.4 Å². The van der Waals surface area contributed by atoms with Crippen molar-refractivity contribution in [3.63, 3.8) is 0 Å². The molecule has 0 aromatic heterocycles. The van der Waals surface area contributed by atoms with Gasteiger partial charge >= 0.3 is 6.18 Å². The van der Waals surface area contributed by atoms with E-state index in [2.05, 4.69) is 10.0 Å². The van der Waals surface area contributed by atoms with Gasteiger partial charge in [-0.25, -0.2) is 5.01 Å². The molecule has 0 spiro atoms. The molecule has 166 valence electrons. The summed E-state index contributed by atoms with van der Waals surface area (Å²) in [6.07, 6.45) is 1.36. The zero-order valence-electron chi connectivity index (χ0n) is 17.6. The van der Waals surface area contributed by atoms with Crippen LogP contribution in [0.25, 0.3) is 0 Å². The fourth-order valence-corrected chi connectivity index (χ4v) is 4.61. The molecule has 0 amide bonds. The Labute approximate surface area is 180 Å². The van der Waals surface area contributed by atoms with Gasteiger partial charge in [0.2, 0.25) is 0 Å². The summed E-state index contributed by atoms with van der Waals surface area (Å²) in [6.45, 7) is 4.53. The largest absolute Gasteiger partial charge is 0.419 e. The number of ether oxygens (including phenoxy) is 1. The summed E-state index contributed by atoms with van der Waals surface area (Å²) in [6, 6.07) is 9.98. The minimum atomic E-state index is -4.42. The number of hydrogen-bond donors (Lipinski definition) is 0. The molecule has 1 atom stereocenters. The molecule has 3 aliphatic heterocycles. The van der Waals surface area contributed by atoms with E-state index in [-0.39, 0.29) is 5.82 Å². The number of morpholine rings is 1. The fraction of sp³-hybridized carbons (Fsp3) is 0.522. The molecule has 4 aliphatic rings. The molecule has 1 saturated carbocycles. The molecular weight excluding hydrogens is 405 g/mol. The molecule has 3 heterocycles. The van der Waals surface area contributed by atoms with Gasteiger partial charge in [0.15, 0.2) is 0 Å². The summed E-state index contributed by atoms with van der Waals surface area (Å²) in [7, 11) is 0. The van der Waals surface area contributed by atoms with Gasteiger partial charge in [-0.1, -0.05) is 36.4 Å². The van der Waals surface area contributed by atoms with Crippen molar-refractivity contribution in [1.82, 2.24) is 14.8 Å². The third-order valence-corrected chi connectivity index (χ3v) is 6.41. The Bertz CT molecular complexity index is 922. The minimum Gasteiger partial charge on any atom is -0.368 e. The maximum absolute atomic E-state index is 13.8. The van der Waals surface area contributed by atoms with E-state index in [9.17, 15) is 13.2 Å². The van der Waals surface area contributed by atoms with Crippen LogP contribution in [0.2, 0.25) is 0 Å². The monoisotopic (exact) mass is 432 g/mol. The zero-order chi connectivity index (χ0) is 21.6. The van der Waals surface area contributed by atoms with E-state index >= 15 is 0 Å². The van der Waals surface area contributed by atoms with Gasteiger partial charge in [0.05, 0.1) is 18.8 Å². The number of nitrogens with zero attached hydrogens (tertiary/aromatic N) is 4. The lowest BCUT2D eigenvalue weighted by atomic mass is 9.94. The van der Waals surface area contributed by atoms with Crippen molar-refractivity contribution in [1.29, 1.82) is 0 Å². The van der Waals surface area contributed by atoms with Crippen LogP contribution in [0.4, 0.5) is 13.2 Å². The quantitative estimate of drug-likeness (QED) is 0.696. The topological polar surface area (TPSA) is 31.3 Å². The second kappa shape index (κ2) is 7.67. The standard InChI is InChI=1S/C23H27F3N4O/c1-22(18-6-3-2-4-7-18)15-28(12-13-31-22)16-30-21-19(23(24,25)26)8-5-11-29(21)20(27-30)14-17-9-10-17/h2-8,17H,9-16H2,1H3. The maximum atomic E-state index is 13.8. The van der Waals surface area contributed by atoms with Crippen LogP contribution < -0.4 is 0 Å². The van der Waals surface area contributed by atoms with Crippen molar-refractivity contribution in [2.45, 2.75) is 38.0 Å². The predicted octanol–water partition coefficient (Wildman–Crippen LogP) is 4.27. The van der Waals surface area contributed by atoms with Crippen LogP contribution >= 0.6 is 0 Å². The fourth-order valence-electron chi connectivity index (χ4n) is 4.61. The van der Waals surface area contributed by atoms with E-state index < -0.39 is 17.4 Å². The first kappa shape index (κ1) is 20.6. The van der Waals surface area contributed by atoms with E-state index in [1.54, 1.807) is 16.0 Å². The molecule has 5 rings (SSSR count). The van der Waals surface area contributed by atoms with Crippen LogP contribution in [-0.4, -0.2) is 59.7 Å². The van der Waals surface area contributed by atoms with Gasteiger partial charge < -0.3 is 9.64 Å². The molecule has 8 heteroatoms. The number of halogens is 3. The number of hydrazone groups is 1. The van der Waals surface area contributed by atoms with Crippen LogP contribution in [0.5, 0.6) is 0 Å². The van der Waals surface area contributed by atoms with Crippen LogP contribution in [-0.2, 0) is 10.3 Å². The van der Waals surface area contributed by atoms with Crippen LogP contribution in [0.3, 0.4) is 0 Å². The third-order valence-electron chi connectivity index (χ3n) is 6.41. The Kier molecular flexibility index (Phi) is 5.09. The second-order valence-electron chi connectivity index (χ2n) is 8.95.